The minimum Gasteiger partial charge on any atom is -0.488 e. The van der Waals surface area contributed by atoms with Crippen LogP contribution in [0.2, 0.25) is 0 Å². The van der Waals surface area contributed by atoms with Crippen LogP contribution in [0.1, 0.15) is 21.1 Å². The van der Waals surface area contributed by atoms with E-state index in [-0.39, 0.29) is 12.0 Å². The number of hydrogen-bond acceptors (Lipinski definition) is 4. The molecule has 116 valence electrons. The summed E-state index contributed by atoms with van der Waals surface area (Å²) in [6.07, 6.45) is 1.34. The smallest absolute Gasteiger partial charge is 0.227 e. The third kappa shape index (κ3) is 3.14. The largest absolute Gasteiger partial charge is 0.488 e. The number of aromatic nitrogens is 1. The van der Waals surface area contributed by atoms with Gasteiger partial charge in [-0.15, -0.1) is 11.3 Å². The molecule has 0 spiro atoms. The summed E-state index contributed by atoms with van der Waals surface area (Å²) >= 11 is 1.60. The van der Waals surface area contributed by atoms with E-state index in [9.17, 15) is 4.79 Å². The van der Waals surface area contributed by atoms with Crippen LogP contribution in [0.25, 0.3) is 0 Å². The summed E-state index contributed by atoms with van der Waals surface area (Å²) in [4.78, 5) is 19.6. The van der Waals surface area contributed by atoms with E-state index in [1.54, 1.807) is 16.2 Å². The molecule has 4 nitrogen and oxygen atoms in total. The number of likely N-dealkylation sites (N-methyl/N-ethyl adjacent to an activating group) is 1. The fraction of sp³-hybridized carbons (Fsp3) is 0.412. The van der Waals surface area contributed by atoms with E-state index in [2.05, 4.69) is 11.1 Å². The van der Waals surface area contributed by atoms with Crippen LogP contribution < -0.4 is 4.74 Å². The van der Waals surface area contributed by atoms with Crippen LogP contribution in [0.15, 0.2) is 24.3 Å². The predicted octanol–water partition coefficient (Wildman–Crippen LogP) is 2.76. The van der Waals surface area contributed by atoms with Gasteiger partial charge < -0.3 is 9.64 Å². The monoisotopic (exact) mass is 316 g/mol. The van der Waals surface area contributed by atoms with Gasteiger partial charge in [-0.1, -0.05) is 18.2 Å². The summed E-state index contributed by atoms with van der Waals surface area (Å²) in [7, 11) is 1.85. The number of fused-ring (bicyclic) bond motifs is 1. The van der Waals surface area contributed by atoms with E-state index in [0.29, 0.717) is 13.0 Å². The summed E-state index contributed by atoms with van der Waals surface area (Å²) in [6.45, 7) is 4.55. The van der Waals surface area contributed by atoms with Crippen LogP contribution in [0, 0.1) is 13.8 Å². The number of carbonyl (C=O) groups is 1. The maximum Gasteiger partial charge on any atom is 0.227 e. The van der Waals surface area contributed by atoms with Crippen molar-refractivity contribution in [1.29, 1.82) is 0 Å². The topological polar surface area (TPSA) is 42.4 Å². The molecule has 1 atom stereocenters. The Kier molecular flexibility index (Phi) is 4.16. The second-order valence-corrected chi connectivity index (χ2v) is 7.03. The van der Waals surface area contributed by atoms with Gasteiger partial charge in [0.15, 0.2) is 0 Å². The molecule has 1 aromatic carbocycles. The number of hydrogen-bond donors (Lipinski definition) is 0. The van der Waals surface area contributed by atoms with Crippen LogP contribution in [0.4, 0.5) is 0 Å². The van der Waals surface area contributed by atoms with Gasteiger partial charge in [0.05, 0.1) is 23.7 Å². The van der Waals surface area contributed by atoms with Crippen LogP contribution in [-0.4, -0.2) is 35.5 Å². The third-order valence-corrected chi connectivity index (χ3v) is 5.00. The first-order chi connectivity index (χ1) is 10.5. The molecular formula is C17H20N2O2S. The van der Waals surface area contributed by atoms with Gasteiger partial charge in [0.1, 0.15) is 11.9 Å². The molecule has 1 amide bonds. The van der Waals surface area contributed by atoms with Gasteiger partial charge in [0.2, 0.25) is 5.91 Å². The quantitative estimate of drug-likeness (QED) is 0.871. The SMILES string of the molecule is Cc1nc(C)c(CC(=O)N(C)C[C@@H]2Cc3ccccc3O2)s1. The number of para-hydroxylation sites is 1. The fourth-order valence-electron chi connectivity index (χ4n) is 2.77. The lowest BCUT2D eigenvalue weighted by molar-refractivity contribution is -0.130. The Bertz CT molecular complexity index is 671. The number of aryl methyl sites for hydroxylation is 2. The van der Waals surface area contributed by atoms with Crippen LogP contribution in [0.3, 0.4) is 0 Å². The molecule has 0 bridgehead atoms. The zero-order valence-corrected chi connectivity index (χ0v) is 13.9. The molecule has 0 fully saturated rings. The first kappa shape index (κ1) is 15.0. The van der Waals surface area contributed by atoms with Gasteiger partial charge in [-0.25, -0.2) is 4.98 Å². The van der Waals surface area contributed by atoms with Crippen LogP contribution in [-0.2, 0) is 17.6 Å². The lowest BCUT2D eigenvalue weighted by atomic mass is 10.1. The zero-order valence-electron chi connectivity index (χ0n) is 13.1. The van der Waals surface area contributed by atoms with Crippen molar-refractivity contribution in [3.8, 4) is 5.75 Å². The Morgan fingerprint density at radius 2 is 2.18 bits per heavy atom. The second kappa shape index (κ2) is 6.08. The third-order valence-electron chi connectivity index (χ3n) is 3.93. The van der Waals surface area contributed by atoms with Crippen LogP contribution in [0.5, 0.6) is 5.75 Å². The lowest BCUT2D eigenvalue weighted by Gasteiger charge is -2.21. The fourth-order valence-corrected chi connectivity index (χ4v) is 3.70. The molecule has 1 aliphatic heterocycles. The number of amides is 1. The number of ether oxygens (including phenoxy) is 1. The van der Waals surface area contributed by atoms with Gasteiger partial charge in [0.25, 0.3) is 0 Å². The summed E-state index contributed by atoms with van der Waals surface area (Å²) < 4.78 is 5.90. The highest BCUT2D eigenvalue weighted by atomic mass is 32.1. The number of thiazole rings is 1. The Labute approximate surface area is 134 Å². The van der Waals surface area contributed by atoms with Gasteiger partial charge in [0, 0.05) is 18.3 Å². The number of benzene rings is 1. The van der Waals surface area contributed by atoms with Crippen molar-refractivity contribution in [3.05, 3.63) is 45.4 Å². The minimum absolute atomic E-state index is 0.0515. The Morgan fingerprint density at radius 1 is 1.41 bits per heavy atom. The molecule has 0 radical (unpaired) electrons. The summed E-state index contributed by atoms with van der Waals surface area (Å²) in [6, 6.07) is 8.07. The van der Waals surface area contributed by atoms with E-state index in [0.717, 1.165) is 27.7 Å². The van der Waals surface area contributed by atoms with Crippen molar-refractivity contribution in [2.45, 2.75) is 32.8 Å². The van der Waals surface area contributed by atoms with Crippen molar-refractivity contribution >= 4 is 17.2 Å². The summed E-state index contributed by atoms with van der Waals surface area (Å²) in [5.41, 5.74) is 2.19. The standard InChI is InChI=1S/C17H20N2O2S/c1-11-16(22-12(2)18-11)9-17(20)19(3)10-14-8-13-6-4-5-7-15(13)21-14/h4-7,14H,8-10H2,1-3H3/t14-/m0/s1. The molecule has 0 saturated carbocycles. The normalized spacial score (nSPS) is 16.2. The average molecular weight is 316 g/mol. The number of nitrogens with zero attached hydrogens (tertiary/aromatic N) is 2. The van der Waals surface area contributed by atoms with E-state index < -0.39 is 0 Å². The summed E-state index contributed by atoms with van der Waals surface area (Å²) in [5.74, 6) is 1.06. The van der Waals surface area contributed by atoms with E-state index in [1.807, 2.05) is 39.1 Å². The van der Waals surface area contributed by atoms with E-state index in [1.165, 1.54) is 5.56 Å². The van der Waals surface area contributed by atoms with Gasteiger partial charge in [-0.3, -0.25) is 4.79 Å². The van der Waals surface area contributed by atoms with Crippen molar-refractivity contribution in [2.24, 2.45) is 0 Å². The molecule has 0 saturated heterocycles. The molecule has 5 heteroatoms. The lowest BCUT2D eigenvalue weighted by Crippen LogP contribution is -2.37. The van der Waals surface area contributed by atoms with Crippen molar-refractivity contribution in [1.82, 2.24) is 9.88 Å². The van der Waals surface area contributed by atoms with E-state index in [4.69, 9.17) is 4.74 Å². The minimum atomic E-state index is 0.0515. The predicted molar refractivity (Wildman–Crippen MR) is 87.5 cm³/mol. The molecule has 2 heterocycles. The Balaban J connectivity index is 1.57. The Hall–Kier alpha value is -1.88. The van der Waals surface area contributed by atoms with Gasteiger partial charge >= 0.3 is 0 Å². The molecule has 0 N–H and O–H groups in total. The second-order valence-electron chi connectivity index (χ2n) is 5.74. The van der Waals surface area contributed by atoms with Gasteiger partial charge in [-0.2, -0.15) is 0 Å². The highest BCUT2D eigenvalue weighted by Crippen LogP contribution is 2.28. The highest BCUT2D eigenvalue weighted by Gasteiger charge is 2.25. The first-order valence-corrected chi connectivity index (χ1v) is 8.26. The molecule has 1 aliphatic rings. The molecular weight excluding hydrogens is 296 g/mol. The number of carbonyl (C=O) groups excluding carboxylic acids is 1. The van der Waals surface area contributed by atoms with Crippen LogP contribution >= 0.6 is 11.3 Å². The highest BCUT2D eigenvalue weighted by molar-refractivity contribution is 7.11. The van der Waals surface area contributed by atoms with Crippen molar-refractivity contribution in [2.75, 3.05) is 13.6 Å². The summed E-state index contributed by atoms with van der Waals surface area (Å²) in [5, 5.41) is 1.01. The van der Waals surface area contributed by atoms with E-state index >= 15 is 0 Å². The van der Waals surface area contributed by atoms with Crippen molar-refractivity contribution in [3.63, 3.8) is 0 Å². The average Bonchev–Trinajstić information content (AvgIpc) is 3.01. The molecule has 0 aliphatic carbocycles. The maximum atomic E-state index is 12.4. The molecule has 22 heavy (non-hydrogen) atoms. The van der Waals surface area contributed by atoms with Gasteiger partial charge in [-0.05, 0) is 25.5 Å². The molecule has 2 aromatic rings. The molecule has 0 unspecified atom stereocenters. The zero-order chi connectivity index (χ0) is 15.7. The maximum absolute atomic E-state index is 12.4. The number of rotatable bonds is 4. The molecule has 3 rings (SSSR count). The Morgan fingerprint density at radius 3 is 2.86 bits per heavy atom. The molecule has 1 aromatic heterocycles. The first-order valence-electron chi connectivity index (χ1n) is 7.44. The van der Waals surface area contributed by atoms with Crippen molar-refractivity contribution < 1.29 is 9.53 Å².